The number of ether oxygens (including phenoxy) is 4. The summed E-state index contributed by atoms with van der Waals surface area (Å²) in [5.74, 6) is -1.33. The van der Waals surface area contributed by atoms with Crippen LogP contribution in [0.25, 0.3) is 0 Å². The molecule has 6 aliphatic rings. The molecule has 19 atom stereocenters. The summed E-state index contributed by atoms with van der Waals surface area (Å²) in [6.45, 7) is 18.5. The van der Waals surface area contributed by atoms with Gasteiger partial charge in [0.15, 0.2) is 18.4 Å². The second-order valence-corrected chi connectivity index (χ2v) is 19.6. The minimum absolute atomic E-state index is 0.0574. The summed E-state index contributed by atoms with van der Waals surface area (Å²) in [6, 6.07) is 0. The summed E-state index contributed by atoms with van der Waals surface area (Å²) in [5.41, 5.74) is 1.20. The van der Waals surface area contributed by atoms with Crippen LogP contribution in [0.3, 0.4) is 0 Å². The Hall–Kier alpha value is -1.04. The van der Waals surface area contributed by atoms with E-state index < -0.39 is 91.9 Å². The molecule has 55 heavy (non-hydrogen) atoms. The zero-order valence-corrected chi connectivity index (χ0v) is 33.9. The fraction of sp³-hybridized carbons (Fsp3) is 0.905. The summed E-state index contributed by atoms with van der Waals surface area (Å²) in [7, 11) is 0. The van der Waals surface area contributed by atoms with Gasteiger partial charge in [0, 0.05) is 11.8 Å². The number of hydrogen-bond donors (Lipinski definition) is 9. The van der Waals surface area contributed by atoms with Gasteiger partial charge in [-0.05, 0) is 105 Å². The molecule has 6 fully saturated rings. The summed E-state index contributed by atoms with van der Waals surface area (Å²) in [5, 5.41) is 98.1. The zero-order chi connectivity index (χ0) is 40.6. The summed E-state index contributed by atoms with van der Waals surface area (Å²) >= 11 is 0. The van der Waals surface area contributed by atoms with E-state index in [2.05, 4.69) is 47.3 Å². The highest BCUT2D eigenvalue weighted by atomic mass is 16.8. The second-order valence-electron chi connectivity index (χ2n) is 19.6. The summed E-state index contributed by atoms with van der Waals surface area (Å²) in [6.07, 6.45) is -7.25. The maximum Gasteiger partial charge on any atom is 0.190 e. The molecular weight excluding hydrogens is 712 g/mol. The molecule has 0 radical (unpaired) electrons. The van der Waals surface area contributed by atoms with Crippen molar-refractivity contribution in [3.05, 3.63) is 23.8 Å². The van der Waals surface area contributed by atoms with Crippen LogP contribution in [0.15, 0.2) is 23.8 Å². The van der Waals surface area contributed by atoms with Crippen molar-refractivity contribution in [3.63, 3.8) is 0 Å². The van der Waals surface area contributed by atoms with E-state index in [1.807, 2.05) is 13.8 Å². The molecule has 0 spiro atoms. The largest absolute Gasteiger partial charge is 0.394 e. The summed E-state index contributed by atoms with van der Waals surface area (Å²) < 4.78 is 23.9. The minimum Gasteiger partial charge on any atom is -0.394 e. The monoisotopic (exact) mass is 782 g/mol. The van der Waals surface area contributed by atoms with Crippen LogP contribution in [-0.2, 0) is 18.9 Å². The van der Waals surface area contributed by atoms with Gasteiger partial charge in [-0.3, -0.25) is 0 Å². The molecule has 2 aliphatic heterocycles. The molecule has 0 amide bonds. The highest BCUT2D eigenvalue weighted by Gasteiger charge is 2.72. The van der Waals surface area contributed by atoms with Gasteiger partial charge in [-0.15, -0.1) is 0 Å². The second kappa shape index (κ2) is 15.5. The molecule has 0 aromatic heterocycles. The highest BCUT2D eigenvalue weighted by Crippen LogP contribution is 2.76. The van der Waals surface area contributed by atoms with E-state index in [9.17, 15) is 46.0 Å². The lowest BCUT2D eigenvalue weighted by molar-refractivity contribution is -0.424. The van der Waals surface area contributed by atoms with Crippen LogP contribution in [-0.4, -0.2) is 132 Å². The normalized spacial score (nSPS) is 52.1. The van der Waals surface area contributed by atoms with Crippen LogP contribution in [0.2, 0.25) is 0 Å². The Labute approximate surface area is 326 Å². The molecule has 13 heteroatoms. The zero-order valence-electron chi connectivity index (χ0n) is 33.9. The quantitative estimate of drug-likeness (QED) is 0.0884. The van der Waals surface area contributed by atoms with Crippen molar-refractivity contribution in [3.8, 4) is 0 Å². The smallest absolute Gasteiger partial charge is 0.190 e. The van der Waals surface area contributed by atoms with E-state index in [0.717, 1.165) is 38.5 Å². The SMILES string of the molecule is C=C(CCC=C(C)C)[C@H]1CC[C@]2(C)[C@@H]1[C@H](O)C[C@@H]1[C@@]3(C)CC[C@@](O)(O[C@@H]4O[C@H](CO)[C@@H](O)[C@H](O)[C@H]4O[C@@H]4O[C@H](CO)[C@@H](O)[C@H](O)[C@H]4O)C(C)(C)[C@@H]3CC[C@]12C. The van der Waals surface area contributed by atoms with Crippen molar-refractivity contribution in [2.45, 2.75) is 180 Å². The number of aliphatic hydroxyl groups is 9. The van der Waals surface area contributed by atoms with Crippen LogP contribution in [0.4, 0.5) is 0 Å². The Balaban J connectivity index is 1.25. The van der Waals surface area contributed by atoms with Crippen LogP contribution in [0.1, 0.15) is 106 Å². The Morgan fingerprint density at radius 3 is 1.96 bits per heavy atom. The Morgan fingerprint density at radius 2 is 1.35 bits per heavy atom. The van der Waals surface area contributed by atoms with Gasteiger partial charge in [0.25, 0.3) is 0 Å². The van der Waals surface area contributed by atoms with E-state index in [1.165, 1.54) is 11.1 Å². The first kappa shape index (κ1) is 43.5. The van der Waals surface area contributed by atoms with Gasteiger partial charge >= 0.3 is 0 Å². The van der Waals surface area contributed by atoms with Crippen LogP contribution >= 0.6 is 0 Å². The molecule has 0 aromatic rings. The van der Waals surface area contributed by atoms with Crippen molar-refractivity contribution < 1.29 is 64.9 Å². The lowest BCUT2D eigenvalue weighted by Crippen LogP contribution is -2.70. The number of aliphatic hydroxyl groups excluding tert-OH is 8. The van der Waals surface area contributed by atoms with E-state index in [0.29, 0.717) is 12.8 Å². The molecule has 4 saturated carbocycles. The van der Waals surface area contributed by atoms with Gasteiger partial charge in [0.1, 0.15) is 48.8 Å². The number of allylic oxidation sites excluding steroid dienone is 3. The maximum absolute atomic E-state index is 12.6. The average Bonchev–Trinajstić information content (AvgIpc) is 3.50. The molecule has 4 aliphatic carbocycles. The van der Waals surface area contributed by atoms with Crippen molar-refractivity contribution in [1.29, 1.82) is 0 Å². The third-order valence-electron chi connectivity index (χ3n) is 16.4. The molecule has 0 aromatic carbocycles. The van der Waals surface area contributed by atoms with E-state index in [-0.39, 0.29) is 46.3 Å². The van der Waals surface area contributed by atoms with Crippen molar-refractivity contribution in [1.82, 2.24) is 0 Å². The van der Waals surface area contributed by atoms with E-state index in [4.69, 9.17) is 18.9 Å². The van der Waals surface area contributed by atoms with Crippen molar-refractivity contribution >= 4 is 0 Å². The van der Waals surface area contributed by atoms with Gasteiger partial charge in [-0.1, -0.05) is 58.4 Å². The van der Waals surface area contributed by atoms with Gasteiger partial charge < -0.3 is 64.9 Å². The third-order valence-corrected chi connectivity index (χ3v) is 16.4. The first-order valence-electron chi connectivity index (χ1n) is 20.6. The van der Waals surface area contributed by atoms with Crippen LogP contribution < -0.4 is 0 Å². The predicted molar refractivity (Wildman–Crippen MR) is 201 cm³/mol. The van der Waals surface area contributed by atoms with Gasteiger partial charge in [0.2, 0.25) is 0 Å². The molecule has 2 saturated heterocycles. The van der Waals surface area contributed by atoms with Crippen LogP contribution in [0.5, 0.6) is 0 Å². The van der Waals surface area contributed by atoms with Crippen LogP contribution in [0, 0.1) is 45.3 Å². The summed E-state index contributed by atoms with van der Waals surface area (Å²) in [4.78, 5) is 0. The van der Waals surface area contributed by atoms with Crippen molar-refractivity contribution in [2.75, 3.05) is 13.2 Å². The number of rotatable bonds is 10. The molecule has 13 nitrogen and oxygen atoms in total. The fourth-order valence-corrected chi connectivity index (χ4v) is 12.9. The van der Waals surface area contributed by atoms with E-state index in [1.54, 1.807) is 0 Å². The molecule has 6 rings (SSSR count). The molecule has 316 valence electrons. The molecule has 0 unspecified atom stereocenters. The minimum atomic E-state index is -1.85. The fourth-order valence-electron chi connectivity index (χ4n) is 12.9. The molecule has 0 bridgehead atoms. The standard InChI is InChI=1S/C42H70O13/c1-21(2)10-9-11-22(3)23-12-14-41(8)29(23)24(45)18-28-39(6)16-17-42(51,38(4,5)27(39)13-15-40(28,41)7)55-37-35(33(49)31(47)26(20-44)53-37)54-36-34(50)32(48)30(46)25(19-43)52-36/h10,23-37,43-51H,3,9,11-20H2,1-2,4-8H3/t23-,24-,25-,26-,27+,28-,29+,30-,31-,32+,33+,34-,35-,36+,37+,39+,40-,41-,42-/m1/s1. The Kier molecular flexibility index (Phi) is 12.3. The molecule has 9 N–H and O–H groups in total. The predicted octanol–water partition coefficient (Wildman–Crippen LogP) is 2.27. The molecule has 2 heterocycles. The number of fused-ring (bicyclic) bond motifs is 5. The lowest BCUT2D eigenvalue weighted by atomic mass is 9.35. The average molecular weight is 783 g/mol. The van der Waals surface area contributed by atoms with Gasteiger partial charge in [0.05, 0.1) is 19.3 Å². The first-order valence-corrected chi connectivity index (χ1v) is 20.6. The van der Waals surface area contributed by atoms with Crippen molar-refractivity contribution in [2.24, 2.45) is 45.3 Å². The Morgan fingerprint density at radius 1 is 0.745 bits per heavy atom. The van der Waals surface area contributed by atoms with Gasteiger partial charge in [-0.2, -0.15) is 0 Å². The maximum atomic E-state index is 12.6. The molecular formula is C42H70O13. The number of hydrogen-bond acceptors (Lipinski definition) is 13. The lowest BCUT2D eigenvalue weighted by Gasteiger charge is -2.71. The highest BCUT2D eigenvalue weighted by molar-refractivity contribution is 5.23. The third kappa shape index (κ3) is 6.92. The topological polar surface area (TPSA) is 219 Å². The van der Waals surface area contributed by atoms with Gasteiger partial charge in [-0.25, -0.2) is 0 Å². The Bertz CT molecular complexity index is 1420. The first-order chi connectivity index (χ1) is 25.6. The van der Waals surface area contributed by atoms with E-state index >= 15 is 0 Å².